The molecule has 0 radical (unpaired) electrons. The van der Waals surface area contributed by atoms with Gasteiger partial charge in [-0.1, -0.05) is 41.6 Å². The third-order valence-electron chi connectivity index (χ3n) is 3.28. The van der Waals surface area contributed by atoms with Crippen LogP contribution < -0.4 is 5.32 Å². The van der Waals surface area contributed by atoms with E-state index in [9.17, 15) is 4.79 Å². The van der Waals surface area contributed by atoms with Gasteiger partial charge < -0.3 is 9.84 Å². The molecule has 3 aromatic rings. The van der Waals surface area contributed by atoms with E-state index in [-0.39, 0.29) is 5.91 Å². The SMILES string of the molecule is O=C(NCCCc1ccccc1)c1cc(-c2cccs2)on1. The van der Waals surface area contributed by atoms with Crippen molar-refractivity contribution in [1.82, 2.24) is 10.5 Å². The van der Waals surface area contributed by atoms with Crippen LogP contribution in [-0.2, 0) is 6.42 Å². The summed E-state index contributed by atoms with van der Waals surface area (Å²) in [5.74, 6) is 0.434. The molecule has 112 valence electrons. The van der Waals surface area contributed by atoms with Gasteiger partial charge >= 0.3 is 0 Å². The number of benzene rings is 1. The van der Waals surface area contributed by atoms with Gasteiger partial charge in [0.1, 0.15) is 0 Å². The van der Waals surface area contributed by atoms with Crippen molar-refractivity contribution in [2.75, 3.05) is 6.54 Å². The topological polar surface area (TPSA) is 55.1 Å². The first kappa shape index (κ1) is 14.5. The summed E-state index contributed by atoms with van der Waals surface area (Å²) in [6.07, 6.45) is 1.84. The molecule has 0 bridgehead atoms. The van der Waals surface area contributed by atoms with Crippen molar-refractivity contribution in [1.29, 1.82) is 0 Å². The van der Waals surface area contributed by atoms with E-state index in [1.165, 1.54) is 5.56 Å². The molecule has 1 N–H and O–H groups in total. The predicted octanol–water partition coefficient (Wildman–Crippen LogP) is 3.77. The molecule has 0 aliphatic heterocycles. The molecule has 2 aromatic heterocycles. The van der Waals surface area contributed by atoms with E-state index in [1.54, 1.807) is 17.4 Å². The second-order valence-corrected chi connectivity index (χ2v) is 5.85. The van der Waals surface area contributed by atoms with Crippen molar-refractivity contribution < 1.29 is 9.32 Å². The normalized spacial score (nSPS) is 10.5. The Morgan fingerprint density at radius 3 is 2.82 bits per heavy atom. The lowest BCUT2D eigenvalue weighted by atomic mass is 10.1. The monoisotopic (exact) mass is 312 g/mol. The lowest BCUT2D eigenvalue weighted by Crippen LogP contribution is -2.25. The number of thiophene rings is 1. The van der Waals surface area contributed by atoms with E-state index in [4.69, 9.17) is 4.52 Å². The molecule has 5 heteroatoms. The average molecular weight is 312 g/mol. The molecule has 0 aliphatic carbocycles. The highest BCUT2D eigenvalue weighted by Crippen LogP contribution is 2.24. The first-order valence-electron chi connectivity index (χ1n) is 7.15. The molecule has 0 aliphatic rings. The summed E-state index contributed by atoms with van der Waals surface area (Å²) in [6, 6.07) is 15.8. The third kappa shape index (κ3) is 3.62. The molecule has 22 heavy (non-hydrogen) atoms. The molecule has 4 nitrogen and oxygen atoms in total. The van der Waals surface area contributed by atoms with Crippen molar-refractivity contribution in [3.63, 3.8) is 0 Å². The molecule has 3 rings (SSSR count). The Kier molecular flexibility index (Phi) is 4.65. The highest BCUT2D eigenvalue weighted by Gasteiger charge is 2.13. The van der Waals surface area contributed by atoms with Gasteiger partial charge in [-0.2, -0.15) is 0 Å². The second kappa shape index (κ2) is 7.04. The van der Waals surface area contributed by atoms with Gasteiger partial charge in [-0.3, -0.25) is 4.79 Å². The summed E-state index contributed by atoms with van der Waals surface area (Å²) < 4.78 is 5.21. The number of aromatic nitrogens is 1. The number of carbonyl (C=O) groups excluding carboxylic acids is 1. The number of amides is 1. The summed E-state index contributed by atoms with van der Waals surface area (Å²) in [5, 5.41) is 8.66. The molecule has 0 spiro atoms. The Labute approximate surface area is 132 Å². The van der Waals surface area contributed by atoms with Gasteiger partial charge in [0, 0.05) is 12.6 Å². The molecule has 1 aromatic carbocycles. The van der Waals surface area contributed by atoms with Crippen LogP contribution in [0.25, 0.3) is 10.6 Å². The van der Waals surface area contributed by atoms with Gasteiger partial charge in [-0.15, -0.1) is 11.3 Å². The van der Waals surface area contributed by atoms with Crippen molar-refractivity contribution in [3.05, 3.63) is 65.2 Å². The van der Waals surface area contributed by atoms with Crippen molar-refractivity contribution in [3.8, 4) is 10.6 Å². The number of hydrogen-bond acceptors (Lipinski definition) is 4. The highest BCUT2D eigenvalue weighted by molar-refractivity contribution is 7.13. The maximum Gasteiger partial charge on any atom is 0.273 e. The molecule has 0 unspecified atom stereocenters. The number of nitrogens with zero attached hydrogens (tertiary/aromatic N) is 1. The van der Waals surface area contributed by atoms with E-state index < -0.39 is 0 Å². The minimum absolute atomic E-state index is 0.195. The molecular formula is C17H16N2O2S. The number of aryl methyl sites for hydroxylation is 1. The Balaban J connectivity index is 1.48. The van der Waals surface area contributed by atoms with Crippen LogP contribution in [0.5, 0.6) is 0 Å². The fourth-order valence-corrected chi connectivity index (χ4v) is 2.82. The standard InChI is InChI=1S/C17H16N2O2S/c20-17(18-10-4-8-13-6-2-1-3-7-13)14-12-15(21-19-14)16-9-5-11-22-16/h1-3,5-7,9,11-12H,4,8,10H2,(H,18,20). The van der Waals surface area contributed by atoms with Gasteiger partial charge in [0.15, 0.2) is 11.5 Å². The van der Waals surface area contributed by atoms with Gasteiger partial charge in [0.2, 0.25) is 0 Å². The second-order valence-electron chi connectivity index (χ2n) is 4.90. The zero-order valence-corrected chi connectivity index (χ0v) is 12.8. The number of rotatable bonds is 6. The molecule has 1 amide bonds. The first-order valence-corrected chi connectivity index (χ1v) is 8.03. The van der Waals surface area contributed by atoms with Gasteiger partial charge in [0.05, 0.1) is 4.88 Å². The average Bonchev–Trinajstić information content (AvgIpc) is 3.22. The van der Waals surface area contributed by atoms with Gasteiger partial charge in [-0.25, -0.2) is 0 Å². The zero-order valence-electron chi connectivity index (χ0n) is 12.0. The largest absolute Gasteiger partial charge is 0.355 e. The van der Waals surface area contributed by atoms with E-state index in [1.807, 2.05) is 35.7 Å². The molecule has 0 saturated carbocycles. The minimum atomic E-state index is -0.195. The van der Waals surface area contributed by atoms with E-state index >= 15 is 0 Å². The van der Waals surface area contributed by atoms with E-state index in [0.717, 1.165) is 17.7 Å². The minimum Gasteiger partial charge on any atom is -0.355 e. The van der Waals surface area contributed by atoms with Crippen molar-refractivity contribution in [2.45, 2.75) is 12.8 Å². The molecule has 0 saturated heterocycles. The number of hydrogen-bond donors (Lipinski definition) is 1. The molecule has 2 heterocycles. The maximum atomic E-state index is 12.0. The van der Waals surface area contributed by atoms with Crippen molar-refractivity contribution in [2.24, 2.45) is 0 Å². The fourth-order valence-electron chi connectivity index (χ4n) is 2.15. The Bertz CT molecular complexity index is 720. The first-order chi connectivity index (χ1) is 10.8. The van der Waals surface area contributed by atoms with Crippen LogP contribution in [0.15, 0.2) is 58.4 Å². The molecule has 0 fully saturated rings. The highest BCUT2D eigenvalue weighted by atomic mass is 32.1. The van der Waals surface area contributed by atoms with Crippen LogP contribution in [0.4, 0.5) is 0 Å². The number of nitrogens with one attached hydrogen (secondary N) is 1. The van der Waals surface area contributed by atoms with Crippen LogP contribution in [0.2, 0.25) is 0 Å². The summed E-state index contributed by atoms with van der Waals surface area (Å²) in [4.78, 5) is 13.0. The Morgan fingerprint density at radius 2 is 2.05 bits per heavy atom. The zero-order chi connectivity index (χ0) is 15.2. The van der Waals surface area contributed by atoms with Crippen molar-refractivity contribution >= 4 is 17.2 Å². The molecular weight excluding hydrogens is 296 g/mol. The van der Waals surface area contributed by atoms with Crippen LogP contribution in [0.1, 0.15) is 22.5 Å². The third-order valence-corrected chi connectivity index (χ3v) is 4.16. The summed E-state index contributed by atoms with van der Waals surface area (Å²) in [5.41, 5.74) is 1.60. The Hall–Kier alpha value is -2.40. The van der Waals surface area contributed by atoms with Gasteiger partial charge in [-0.05, 0) is 29.9 Å². The Morgan fingerprint density at radius 1 is 1.18 bits per heavy atom. The lowest BCUT2D eigenvalue weighted by Gasteiger charge is -2.03. The summed E-state index contributed by atoms with van der Waals surface area (Å²) in [6.45, 7) is 0.620. The quantitative estimate of drug-likeness (QED) is 0.705. The number of carbonyl (C=O) groups is 1. The smallest absolute Gasteiger partial charge is 0.273 e. The summed E-state index contributed by atoms with van der Waals surface area (Å²) >= 11 is 1.55. The van der Waals surface area contributed by atoms with E-state index in [0.29, 0.717) is 18.0 Å². The van der Waals surface area contributed by atoms with Crippen LogP contribution in [0, 0.1) is 0 Å². The van der Waals surface area contributed by atoms with Crippen LogP contribution >= 0.6 is 11.3 Å². The van der Waals surface area contributed by atoms with Crippen LogP contribution in [-0.4, -0.2) is 17.6 Å². The predicted molar refractivity (Wildman–Crippen MR) is 86.9 cm³/mol. The lowest BCUT2D eigenvalue weighted by molar-refractivity contribution is 0.0944. The summed E-state index contributed by atoms with van der Waals surface area (Å²) in [7, 11) is 0. The van der Waals surface area contributed by atoms with Gasteiger partial charge in [0.25, 0.3) is 5.91 Å². The van der Waals surface area contributed by atoms with E-state index in [2.05, 4.69) is 22.6 Å². The molecule has 0 atom stereocenters. The van der Waals surface area contributed by atoms with Crippen LogP contribution in [0.3, 0.4) is 0 Å². The fraction of sp³-hybridized carbons (Fsp3) is 0.176. The maximum absolute atomic E-state index is 12.0.